The lowest BCUT2D eigenvalue weighted by Crippen LogP contribution is -2.42. The first-order chi connectivity index (χ1) is 11.7. The molecule has 0 spiro atoms. The van der Waals surface area contributed by atoms with E-state index in [1.807, 2.05) is 19.1 Å². The van der Waals surface area contributed by atoms with Crippen LogP contribution in [0.1, 0.15) is 33.1 Å². The van der Waals surface area contributed by atoms with E-state index in [1.165, 1.54) is 0 Å². The minimum absolute atomic E-state index is 0.00677. The van der Waals surface area contributed by atoms with Crippen LogP contribution in [0, 0.1) is 11.8 Å². The molecule has 140 valence electrons. The van der Waals surface area contributed by atoms with Crippen molar-refractivity contribution in [2.45, 2.75) is 45.4 Å². The highest BCUT2D eigenvalue weighted by atomic mass is 16.5. The summed E-state index contributed by atoms with van der Waals surface area (Å²) in [6.45, 7) is 3.51. The third kappa shape index (κ3) is 6.84. The molecule has 0 saturated heterocycles. The molecule has 0 saturated carbocycles. The minimum atomic E-state index is -1.58. The first-order valence-corrected chi connectivity index (χ1v) is 8.66. The second-order valence-corrected chi connectivity index (χ2v) is 6.66. The van der Waals surface area contributed by atoms with Gasteiger partial charge in [0.1, 0.15) is 0 Å². The van der Waals surface area contributed by atoms with E-state index < -0.39 is 12.3 Å². The quantitative estimate of drug-likeness (QED) is 0.350. The van der Waals surface area contributed by atoms with E-state index in [0.29, 0.717) is 12.0 Å². The molecule has 6 heteroatoms. The normalized spacial score (nSPS) is 21.3. The number of hydrogen-bond acceptors (Lipinski definition) is 4. The Balaban J connectivity index is 2.52. The summed E-state index contributed by atoms with van der Waals surface area (Å²) in [5.41, 5.74) is 0.618. The maximum absolute atomic E-state index is 12.3. The summed E-state index contributed by atoms with van der Waals surface area (Å²) in [4.78, 5) is 25.4. The summed E-state index contributed by atoms with van der Waals surface area (Å²) < 4.78 is 0. The molecule has 0 aliphatic heterocycles. The van der Waals surface area contributed by atoms with E-state index in [4.69, 9.17) is 10.2 Å². The number of carbonyl (C=O) groups is 2. The minimum Gasteiger partial charge on any atom is -0.366 e. The Kier molecular flexibility index (Phi) is 8.58. The van der Waals surface area contributed by atoms with Crippen LogP contribution in [-0.4, -0.2) is 53.4 Å². The molecule has 0 aromatic rings. The Labute approximate surface area is 149 Å². The third-order valence-corrected chi connectivity index (χ3v) is 4.36. The highest BCUT2D eigenvalue weighted by Crippen LogP contribution is 2.27. The van der Waals surface area contributed by atoms with Crippen molar-refractivity contribution in [3.8, 4) is 0 Å². The van der Waals surface area contributed by atoms with Gasteiger partial charge in [0, 0.05) is 32.0 Å². The molecule has 1 rings (SSSR count). The predicted octanol–water partition coefficient (Wildman–Crippen LogP) is 1.36. The Hall–Kier alpha value is -1.92. The van der Waals surface area contributed by atoms with E-state index in [-0.39, 0.29) is 23.7 Å². The number of hydrogen-bond donors (Lipinski definition) is 3. The van der Waals surface area contributed by atoms with Gasteiger partial charge in [0.2, 0.25) is 11.8 Å². The first kappa shape index (κ1) is 21.1. The zero-order valence-electron chi connectivity index (χ0n) is 15.5. The number of allylic oxidation sites excluding steroid dienone is 5. The van der Waals surface area contributed by atoms with Gasteiger partial charge in [-0.25, -0.2) is 0 Å². The second kappa shape index (κ2) is 10.2. The first-order valence-electron chi connectivity index (χ1n) is 8.66. The van der Waals surface area contributed by atoms with Crippen LogP contribution in [0.2, 0.25) is 0 Å². The molecule has 0 heterocycles. The molecule has 0 radical (unpaired) electrons. The lowest BCUT2D eigenvalue weighted by molar-refractivity contribution is -0.128. The Morgan fingerprint density at radius 1 is 1.36 bits per heavy atom. The fourth-order valence-electron chi connectivity index (χ4n) is 2.54. The predicted molar refractivity (Wildman–Crippen MR) is 97.4 cm³/mol. The highest BCUT2D eigenvalue weighted by Gasteiger charge is 2.25. The van der Waals surface area contributed by atoms with E-state index in [1.54, 1.807) is 32.0 Å². The number of amides is 2. The molecule has 0 bridgehead atoms. The smallest absolute Gasteiger partial charge is 0.247 e. The van der Waals surface area contributed by atoms with Crippen LogP contribution in [0.4, 0.5) is 0 Å². The molecule has 25 heavy (non-hydrogen) atoms. The zero-order chi connectivity index (χ0) is 19.0. The summed E-state index contributed by atoms with van der Waals surface area (Å²) in [5.74, 6) is -0.0637. The molecule has 0 aromatic carbocycles. The van der Waals surface area contributed by atoms with Gasteiger partial charge in [0.15, 0.2) is 6.29 Å². The number of rotatable bonds is 8. The van der Waals surface area contributed by atoms with Gasteiger partial charge in [-0.3, -0.25) is 9.59 Å². The molecule has 3 N–H and O–H groups in total. The summed E-state index contributed by atoms with van der Waals surface area (Å²) in [7, 11) is 3.50. The molecule has 2 unspecified atom stereocenters. The number of aliphatic hydroxyl groups is 2. The van der Waals surface area contributed by atoms with Crippen molar-refractivity contribution in [1.29, 1.82) is 0 Å². The zero-order valence-corrected chi connectivity index (χ0v) is 15.5. The summed E-state index contributed by atoms with van der Waals surface area (Å²) >= 11 is 0. The van der Waals surface area contributed by atoms with Gasteiger partial charge in [0.05, 0.1) is 6.04 Å². The van der Waals surface area contributed by atoms with E-state index in [0.717, 1.165) is 12.8 Å². The SMILES string of the molecule is CC1C(C(=O)N[C@@H](C)C(O)O)=CC=CC1/C=C\CCCC(=O)N(C)C. The van der Waals surface area contributed by atoms with Crippen molar-refractivity contribution in [3.63, 3.8) is 0 Å². The van der Waals surface area contributed by atoms with Crippen LogP contribution in [0.15, 0.2) is 36.0 Å². The molecule has 1 aliphatic carbocycles. The lowest BCUT2D eigenvalue weighted by Gasteiger charge is -2.25. The van der Waals surface area contributed by atoms with Gasteiger partial charge in [-0.2, -0.15) is 0 Å². The van der Waals surface area contributed by atoms with Gasteiger partial charge in [-0.1, -0.05) is 37.3 Å². The van der Waals surface area contributed by atoms with Crippen LogP contribution in [0.5, 0.6) is 0 Å². The van der Waals surface area contributed by atoms with Gasteiger partial charge in [0.25, 0.3) is 0 Å². The van der Waals surface area contributed by atoms with Gasteiger partial charge in [-0.05, 0) is 25.7 Å². The second-order valence-electron chi connectivity index (χ2n) is 6.66. The molecular formula is C19H30N2O4. The van der Waals surface area contributed by atoms with Crippen molar-refractivity contribution < 1.29 is 19.8 Å². The number of carbonyl (C=O) groups excluding carboxylic acids is 2. The largest absolute Gasteiger partial charge is 0.366 e. The molecule has 2 amide bonds. The van der Waals surface area contributed by atoms with Crippen LogP contribution in [-0.2, 0) is 9.59 Å². The number of aliphatic hydroxyl groups excluding tert-OH is 1. The fraction of sp³-hybridized carbons (Fsp3) is 0.579. The van der Waals surface area contributed by atoms with Crippen molar-refractivity contribution in [2.24, 2.45) is 11.8 Å². The molecule has 6 nitrogen and oxygen atoms in total. The van der Waals surface area contributed by atoms with Gasteiger partial charge < -0.3 is 20.4 Å². The average Bonchev–Trinajstić information content (AvgIpc) is 2.55. The van der Waals surface area contributed by atoms with Crippen molar-refractivity contribution in [3.05, 3.63) is 36.0 Å². The Morgan fingerprint density at radius 2 is 2.04 bits per heavy atom. The maximum atomic E-state index is 12.3. The van der Waals surface area contributed by atoms with Crippen LogP contribution >= 0.6 is 0 Å². The summed E-state index contributed by atoms with van der Waals surface area (Å²) in [5, 5.41) is 20.8. The number of nitrogens with zero attached hydrogens (tertiary/aromatic N) is 1. The number of nitrogens with one attached hydrogen (secondary N) is 1. The molecule has 1 aliphatic rings. The highest BCUT2D eigenvalue weighted by molar-refractivity contribution is 5.94. The molecule has 0 fully saturated rings. The Bertz CT molecular complexity index is 550. The van der Waals surface area contributed by atoms with E-state index >= 15 is 0 Å². The van der Waals surface area contributed by atoms with Crippen molar-refractivity contribution in [1.82, 2.24) is 10.2 Å². The van der Waals surface area contributed by atoms with E-state index in [2.05, 4.69) is 17.5 Å². The van der Waals surface area contributed by atoms with Crippen LogP contribution in [0.25, 0.3) is 0 Å². The maximum Gasteiger partial charge on any atom is 0.247 e. The molecule has 3 atom stereocenters. The average molecular weight is 350 g/mol. The van der Waals surface area contributed by atoms with Crippen LogP contribution in [0.3, 0.4) is 0 Å². The summed E-state index contributed by atoms with van der Waals surface area (Å²) in [6, 6.07) is -0.727. The monoisotopic (exact) mass is 350 g/mol. The lowest BCUT2D eigenvalue weighted by atomic mass is 9.82. The third-order valence-electron chi connectivity index (χ3n) is 4.36. The standard InChI is InChI=1S/C19H30N2O4/c1-13-15(9-6-5-7-12-17(22)21(3)4)10-8-11-16(13)18(23)20-14(2)19(24)25/h6,8-11,13-15,19,24-25H,5,7,12H2,1-4H3,(H,20,23)/b9-6-/t13?,14-,15?/m0/s1. The summed E-state index contributed by atoms with van der Waals surface area (Å²) in [6.07, 6.45) is 10.3. The molecular weight excluding hydrogens is 320 g/mol. The molecule has 0 aromatic heterocycles. The van der Waals surface area contributed by atoms with E-state index in [9.17, 15) is 9.59 Å². The fourth-order valence-corrected chi connectivity index (χ4v) is 2.54. The topological polar surface area (TPSA) is 89.9 Å². The Morgan fingerprint density at radius 3 is 2.64 bits per heavy atom. The van der Waals surface area contributed by atoms with Crippen LogP contribution < -0.4 is 5.32 Å². The van der Waals surface area contributed by atoms with Crippen molar-refractivity contribution in [2.75, 3.05) is 14.1 Å². The number of unbranched alkanes of at least 4 members (excludes halogenated alkanes) is 1. The van der Waals surface area contributed by atoms with Crippen molar-refractivity contribution >= 4 is 11.8 Å². The van der Waals surface area contributed by atoms with Gasteiger partial charge in [-0.15, -0.1) is 0 Å². The van der Waals surface area contributed by atoms with Gasteiger partial charge >= 0.3 is 0 Å².